The van der Waals surface area contributed by atoms with Crippen LogP contribution in [-0.2, 0) is 10.0 Å². The van der Waals surface area contributed by atoms with E-state index in [4.69, 9.17) is 23.2 Å². The van der Waals surface area contributed by atoms with Crippen LogP contribution in [-0.4, -0.2) is 19.8 Å². The van der Waals surface area contributed by atoms with Gasteiger partial charge in [0.15, 0.2) is 11.6 Å². The van der Waals surface area contributed by atoms with Crippen molar-refractivity contribution < 1.29 is 17.2 Å². The van der Waals surface area contributed by atoms with E-state index in [0.29, 0.717) is 5.56 Å². The highest BCUT2D eigenvalue weighted by atomic mass is 35.5. The molecule has 0 aromatic heterocycles. The van der Waals surface area contributed by atoms with Crippen LogP contribution in [0.4, 0.5) is 8.78 Å². The van der Waals surface area contributed by atoms with Crippen LogP contribution in [0.25, 0.3) is 0 Å². The predicted molar refractivity (Wildman–Crippen MR) is 86.2 cm³/mol. The average Bonchev–Trinajstić information content (AvgIpc) is 2.48. The summed E-state index contributed by atoms with van der Waals surface area (Å²) >= 11 is 11.9. The van der Waals surface area contributed by atoms with Crippen LogP contribution in [0.3, 0.4) is 0 Å². The maximum absolute atomic E-state index is 13.4. The Morgan fingerprint density at radius 1 is 1.04 bits per heavy atom. The third-order valence-electron chi connectivity index (χ3n) is 3.53. The summed E-state index contributed by atoms with van der Waals surface area (Å²) in [5.41, 5.74) is 0.304. The van der Waals surface area contributed by atoms with Crippen LogP contribution in [0.5, 0.6) is 0 Å². The van der Waals surface area contributed by atoms with Gasteiger partial charge in [-0.25, -0.2) is 17.2 Å². The number of hydrogen-bond donors (Lipinski definition) is 0. The molecule has 2 aromatic carbocycles. The zero-order valence-corrected chi connectivity index (χ0v) is 14.6. The fourth-order valence-corrected chi connectivity index (χ4v) is 4.50. The Hall–Kier alpha value is -1.21. The normalized spacial score (nSPS) is 13.3. The van der Waals surface area contributed by atoms with E-state index in [9.17, 15) is 17.2 Å². The Balaban J connectivity index is 2.45. The molecule has 1 unspecified atom stereocenters. The summed E-state index contributed by atoms with van der Waals surface area (Å²) in [7, 11) is -2.70. The minimum absolute atomic E-state index is 0.0122. The van der Waals surface area contributed by atoms with Crippen molar-refractivity contribution >= 4 is 33.2 Å². The van der Waals surface area contributed by atoms with Crippen LogP contribution >= 0.6 is 23.2 Å². The first-order valence-corrected chi connectivity index (χ1v) is 8.73. The van der Waals surface area contributed by atoms with Gasteiger partial charge >= 0.3 is 0 Å². The van der Waals surface area contributed by atoms with Gasteiger partial charge in [0.05, 0.1) is 10.0 Å². The van der Waals surface area contributed by atoms with Gasteiger partial charge in [-0.15, -0.1) is 0 Å². The van der Waals surface area contributed by atoms with Gasteiger partial charge < -0.3 is 0 Å². The summed E-state index contributed by atoms with van der Waals surface area (Å²) < 4.78 is 52.9. The Kier molecular flexibility index (Phi) is 5.30. The highest BCUT2D eigenvalue weighted by Crippen LogP contribution is 2.34. The number of nitrogens with zero attached hydrogens (tertiary/aromatic N) is 1. The molecule has 0 aliphatic rings. The summed E-state index contributed by atoms with van der Waals surface area (Å²) in [4.78, 5) is -0.222. The first-order chi connectivity index (χ1) is 10.7. The van der Waals surface area contributed by atoms with E-state index in [2.05, 4.69) is 0 Å². The van der Waals surface area contributed by atoms with Gasteiger partial charge in [-0.2, -0.15) is 4.31 Å². The molecule has 1 atom stereocenters. The Morgan fingerprint density at radius 2 is 1.61 bits per heavy atom. The largest absolute Gasteiger partial charge is 0.246 e. The fourth-order valence-electron chi connectivity index (χ4n) is 2.06. The summed E-state index contributed by atoms with van der Waals surface area (Å²) in [6, 6.07) is 6.84. The molecule has 0 amide bonds. The number of hydrogen-bond acceptors (Lipinski definition) is 2. The van der Waals surface area contributed by atoms with Gasteiger partial charge in [-0.05, 0) is 36.8 Å². The average molecular weight is 380 g/mol. The maximum Gasteiger partial charge on any atom is 0.246 e. The van der Waals surface area contributed by atoms with Crippen LogP contribution in [0.2, 0.25) is 10.0 Å². The van der Waals surface area contributed by atoms with Gasteiger partial charge in [-0.3, -0.25) is 0 Å². The molecular formula is C15H13Cl2F2NO2S. The SMILES string of the molecule is CC(c1ccc(F)c(F)c1)N(C)S(=O)(=O)c1c(Cl)cccc1Cl. The molecule has 2 aromatic rings. The third-order valence-corrected chi connectivity index (χ3v) is 6.41. The molecule has 0 radical (unpaired) electrons. The van der Waals surface area contributed by atoms with E-state index in [-0.39, 0.29) is 14.9 Å². The van der Waals surface area contributed by atoms with Crippen molar-refractivity contribution in [2.75, 3.05) is 7.05 Å². The van der Waals surface area contributed by atoms with Gasteiger partial charge in [0.25, 0.3) is 0 Å². The molecule has 0 heterocycles. The van der Waals surface area contributed by atoms with Gasteiger partial charge in [0.1, 0.15) is 4.90 Å². The van der Waals surface area contributed by atoms with E-state index in [1.807, 2.05) is 0 Å². The lowest BCUT2D eigenvalue weighted by atomic mass is 10.1. The second-order valence-electron chi connectivity index (χ2n) is 4.92. The molecular weight excluding hydrogens is 367 g/mol. The van der Waals surface area contributed by atoms with Crippen LogP contribution in [0.1, 0.15) is 18.5 Å². The van der Waals surface area contributed by atoms with E-state index in [1.54, 1.807) is 6.92 Å². The van der Waals surface area contributed by atoms with Crippen molar-refractivity contribution in [3.63, 3.8) is 0 Å². The molecule has 0 fully saturated rings. The number of halogens is 4. The topological polar surface area (TPSA) is 37.4 Å². The van der Waals surface area contributed by atoms with E-state index in [1.165, 1.54) is 31.3 Å². The molecule has 0 N–H and O–H groups in total. The quantitative estimate of drug-likeness (QED) is 0.774. The molecule has 0 aliphatic carbocycles. The summed E-state index contributed by atoms with van der Waals surface area (Å²) in [5, 5.41) is -0.0244. The molecule has 0 saturated carbocycles. The molecule has 124 valence electrons. The maximum atomic E-state index is 13.4. The molecule has 8 heteroatoms. The Labute approximate surface area is 143 Å². The zero-order chi connectivity index (χ0) is 17.4. The Bertz CT molecular complexity index is 823. The molecule has 2 rings (SSSR count). The van der Waals surface area contributed by atoms with Crippen molar-refractivity contribution in [3.8, 4) is 0 Å². The monoisotopic (exact) mass is 379 g/mol. The number of sulfonamides is 1. The zero-order valence-electron chi connectivity index (χ0n) is 12.2. The van der Waals surface area contributed by atoms with Crippen molar-refractivity contribution in [2.24, 2.45) is 0 Å². The standard InChI is InChI=1S/C15H13Cl2F2NO2S/c1-9(10-6-7-13(18)14(19)8-10)20(2)23(21,22)15-11(16)4-3-5-12(15)17/h3-9H,1-2H3. The van der Waals surface area contributed by atoms with E-state index < -0.39 is 27.7 Å². The summed E-state index contributed by atoms with van der Waals surface area (Å²) in [6.07, 6.45) is 0. The van der Waals surface area contributed by atoms with Crippen LogP contribution in [0.15, 0.2) is 41.3 Å². The lowest BCUT2D eigenvalue weighted by Crippen LogP contribution is -2.30. The van der Waals surface area contributed by atoms with Gasteiger partial charge in [0.2, 0.25) is 10.0 Å². The third kappa shape index (κ3) is 3.50. The second kappa shape index (κ2) is 6.73. The van der Waals surface area contributed by atoms with Crippen molar-refractivity contribution in [3.05, 3.63) is 63.6 Å². The molecule has 0 spiro atoms. The van der Waals surface area contributed by atoms with Crippen molar-refractivity contribution in [2.45, 2.75) is 17.9 Å². The predicted octanol–water partition coefficient (Wildman–Crippen LogP) is 4.65. The van der Waals surface area contributed by atoms with Crippen molar-refractivity contribution in [1.82, 2.24) is 4.31 Å². The van der Waals surface area contributed by atoms with Crippen molar-refractivity contribution in [1.29, 1.82) is 0 Å². The second-order valence-corrected chi connectivity index (χ2v) is 7.67. The summed E-state index contributed by atoms with van der Waals surface area (Å²) in [6.45, 7) is 1.55. The molecule has 3 nitrogen and oxygen atoms in total. The molecule has 0 bridgehead atoms. The first-order valence-electron chi connectivity index (χ1n) is 6.53. The molecule has 23 heavy (non-hydrogen) atoms. The first kappa shape index (κ1) is 18.1. The fraction of sp³-hybridized carbons (Fsp3) is 0.200. The van der Waals surface area contributed by atoms with Crippen LogP contribution < -0.4 is 0 Å². The number of rotatable bonds is 4. The smallest absolute Gasteiger partial charge is 0.207 e. The highest BCUT2D eigenvalue weighted by molar-refractivity contribution is 7.89. The number of benzene rings is 2. The van der Waals surface area contributed by atoms with Crippen LogP contribution in [0, 0.1) is 11.6 Å². The lowest BCUT2D eigenvalue weighted by Gasteiger charge is -2.25. The minimum atomic E-state index is -4.02. The Morgan fingerprint density at radius 3 is 2.13 bits per heavy atom. The minimum Gasteiger partial charge on any atom is -0.207 e. The van der Waals surface area contributed by atoms with Gasteiger partial charge in [-0.1, -0.05) is 35.3 Å². The summed E-state index contributed by atoms with van der Waals surface area (Å²) in [5.74, 6) is -2.04. The lowest BCUT2D eigenvalue weighted by molar-refractivity contribution is 0.395. The highest BCUT2D eigenvalue weighted by Gasteiger charge is 2.30. The van der Waals surface area contributed by atoms with E-state index in [0.717, 1.165) is 16.4 Å². The molecule has 0 aliphatic heterocycles. The molecule has 0 saturated heterocycles. The van der Waals surface area contributed by atoms with E-state index >= 15 is 0 Å². The van der Waals surface area contributed by atoms with Gasteiger partial charge in [0, 0.05) is 13.1 Å².